The lowest BCUT2D eigenvalue weighted by Gasteiger charge is -2.27. The molecule has 0 atom stereocenters. The van der Waals surface area contributed by atoms with Gasteiger partial charge in [0.05, 0.1) is 0 Å². The fraction of sp³-hybridized carbons (Fsp3) is 0.600. The Morgan fingerprint density at radius 2 is 1.61 bits per heavy atom. The van der Waals surface area contributed by atoms with Crippen LogP contribution in [0.3, 0.4) is 0 Å². The van der Waals surface area contributed by atoms with Crippen LogP contribution in [-0.4, -0.2) is 5.79 Å². The van der Waals surface area contributed by atoms with Crippen molar-refractivity contribution in [3.8, 4) is 11.5 Å². The van der Waals surface area contributed by atoms with Gasteiger partial charge in [0.1, 0.15) is 0 Å². The molecule has 1 aromatic rings. The Labute approximate surface area is 123 Å². The largest absolute Gasteiger partial charge is 0.448 e. The number of hydrogen-bond acceptors (Lipinski definition) is 2. The second-order valence-corrected chi connectivity index (χ2v) is 6.16. The summed E-state index contributed by atoms with van der Waals surface area (Å²) >= 11 is 2.31. The molecule has 0 fully saturated rings. The molecule has 0 saturated carbocycles. The maximum Gasteiger partial charge on any atom is 0.251 e. The topological polar surface area (TPSA) is 18.5 Å². The Morgan fingerprint density at radius 3 is 2.22 bits per heavy atom. The number of unbranched alkanes of at least 4 members (excludes halogenated alkanes) is 2. The maximum atomic E-state index is 6.15. The first-order chi connectivity index (χ1) is 8.69. The third-order valence-electron chi connectivity index (χ3n) is 3.32. The van der Waals surface area contributed by atoms with Gasteiger partial charge in [0.25, 0.3) is 5.79 Å². The smallest absolute Gasteiger partial charge is 0.251 e. The second-order valence-electron chi connectivity index (χ2n) is 4.91. The third-order valence-corrected chi connectivity index (χ3v) is 3.99. The molecular formula is C15H21IO2. The average Bonchev–Trinajstić information content (AvgIpc) is 2.72. The van der Waals surface area contributed by atoms with Gasteiger partial charge in [0.2, 0.25) is 0 Å². The van der Waals surface area contributed by atoms with Crippen LogP contribution in [0.25, 0.3) is 0 Å². The summed E-state index contributed by atoms with van der Waals surface area (Å²) in [6, 6.07) is 6.16. The molecular weight excluding hydrogens is 339 g/mol. The summed E-state index contributed by atoms with van der Waals surface area (Å²) < 4.78 is 13.5. The van der Waals surface area contributed by atoms with Gasteiger partial charge in [0, 0.05) is 16.4 Å². The van der Waals surface area contributed by atoms with Crippen LogP contribution < -0.4 is 9.47 Å². The minimum atomic E-state index is -0.404. The zero-order valence-electron chi connectivity index (χ0n) is 11.2. The predicted octanol–water partition coefficient (Wildman–Crippen LogP) is 5.14. The van der Waals surface area contributed by atoms with Crippen LogP contribution >= 0.6 is 22.6 Å². The number of ether oxygens (including phenoxy) is 2. The summed E-state index contributed by atoms with van der Waals surface area (Å²) in [7, 11) is 0. The van der Waals surface area contributed by atoms with Crippen LogP contribution in [0.4, 0.5) is 0 Å². The molecule has 18 heavy (non-hydrogen) atoms. The first-order valence-corrected chi connectivity index (χ1v) is 7.94. The van der Waals surface area contributed by atoms with Crippen molar-refractivity contribution in [2.75, 3.05) is 0 Å². The van der Waals surface area contributed by atoms with Gasteiger partial charge < -0.3 is 9.47 Å². The second kappa shape index (κ2) is 6.13. The molecule has 0 aliphatic carbocycles. The van der Waals surface area contributed by atoms with E-state index in [1.165, 1.54) is 16.4 Å². The first-order valence-electron chi connectivity index (χ1n) is 6.86. The summed E-state index contributed by atoms with van der Waals surface area (Å²) in [4.78, 5) is 0. The Hall–Kier alpha value is -0.450. The lowest BCUT2D eigenvalue weighted by molar-refractivity contribution is -0.0944. The molecule has 1 aromatic carbocycles. The maximum absolute atomic E-state index is 6.15. The Kier molecular flexibility index (Phi) is 4.76. The molecule has 0 aromatic heterocycles. The lowest BCUT2D eigenvalue weighted by Crippen LogP contribution is -2.38. The third kappa shape index (κ3) is 3.11. The average molecular weight is 360 g/mol. The summed E-state index contributed by atoms with van der Waals surface area (Å²) in [5.41, 5.74) is 0. The van der Waals surface area contributed by atoms with Crippen LogP contribution in [0.2, 0.25) is 0 Å². The van der Waals surface area contributed by atoms with Crippen LogP contribution in [0, 0.1) is 3.57 Å². The van der Waals surface area contributed by atoms with Crippen molar-refractivity contribution in [1.29, 1.82) is 0 Å². The first kappa shape index (κ1) is 14.0. The van der Waals surface area contributed by atoms with Crippen molar-refractivity contribution in [1.82, 2.24) is 0 Å². The normalized spacial score (nSPS) is 15.9. The molecule has 0 N–H and O–H groups in total. The highest BCUT2D eigenvalue weighted by Gasteiger charge is 2.40. The van der Waals surface area contributed by atoms with E-state index in [0.29, 0.717) is 0 Å². The van der Waals surface area contributed by atoms with Crippen LogP contribution in [0.1, 0.15) is 52.4 Å². The number of halogens is 1. The van der Waals surface area contributed by atoms with E-state index in [9.17, 15) is 0 Å². The van der Waals surface area contributed by atoms with E-state index in [0.717, 1.165) is 37.2 Å². The summed E-state index contributed by atoms with van der Waals surface area (Å²) in [5.74, 6) is 1.41. The zero-order valence-corrected chi connectivity index (χ0v) is 13.3. The summed E-state index contributed by atoms with van der Waals surface area (Å²) in [5, 5.41) is 0. The van der Waals surface area contributed by atoms with Gasteiger partial charge >= 0.3 is 0 Å². The van der Waals surface area contributed by atoms with E-state index in [1.54, 1.807) is 0 Å². The van der Waals surface area contributed by atoms with Crippen LogP contribution in [0.15, 0.2) is 18.2 Å². The number of fused-ring (bicyclic) bond motifs is 1. The van der Waals surface area contributed by atoms with Crippen molar-refractivity contribution >= 4 is 22.6 Å². The lowest BCUT2D eigenvalue weighted by atomic mass is 10.0. The van der Waals surface area contributed by atoms with E-state index >= 15 is 0 Å². The molecule has 0 unspecified atom stereocenters. The van der Waals surface area contributed by atoms with E-state index in [1.807, 2.05) is 6.07 Å². The van der Waals surface area contributed by atoms with Gasteiger partial charge in [-0.1, -0.05) is 26.7 Å². The SMILES string of the molecule is CCCCC1(CCCC)Oc2ccc(I)cc2O1. The van der Waals surface area contributed by atoms with E-state index in [2.05, 4.69) is 48.6 Å². The number of hydrogen-bond donors (Lipinski definition) is 0. The monoisotopic (exact) mass is 360 g/mol. The highest BCUT2D eigenvalue weighted by molar-refractivity contribution is 14.1. The fourth-order valence-electron chi connectivity index (χ4n) is 2.29. The fourth-order valence-corrected chi connectivity index (χ4v) is 2.75. The number of benzene rings is 1. The summed E-state index contributed by atoms with van der Waals surface area (Å²) in [6.07, 6.45) is 6.61. The summed E-state index contributed by atoms with van der Waals surface area (Å²) in [6.45, 7) is 4.41. The minimum absolute atomic E-state index is 0.404. The van der Waals surface area contributed by atoms with Crippen molar-refractivity contribution < 1.29 is 9.47 Å². The Bertz CT molecular complexity index is 395. The molecule has 0 bridgehead atoms. The number of rotatable bonds is 6. The van der Waals surface area contributed by atoms with Gasteiger partial charge in [-0.3, -0.25) is 0 Å². The minimum Gasteiger partial charge on any atom is -0.448 e. The molecule has 100 valence electrons. The van der Waals surface area contributed by atoms with Gasteiger partial charge in [-0.25, -0.2) is 0 Å². The Morgan fingerprint density at radius 1 is 1.00 bits per heavy atom. The molecule has 1 aliphatic rings. The molecule has 2 nitrogen and oxygen atoms in total. The van der Waals surface area contributed by atoms with E-state index in [-0.39, 0.29) is 0 Å². The van der Waals surface area contributed by atoms with Crippen LogP contribution in [-0.2, 0) is 0 Å². The molecule has 0 radical (unpaired) electrons. The van der Waals surface area contributed by atoms with Crippen molar-refractivity contribution in [2.24, 2.45) is 0 Å². The predicted molar refractivity (Wildman–Crippen MR) is 82.2 cm³/mol. The van der Waals surface area contributed by atoms with Gasteiger partial charge in [0.15, 0.2) is 11.5 Å². The van der Waals surface area contributed by atoms with E-state index in [4.69, 9.17) is 9.47 Å². The van der Waals surface area contributed by atoms with E-state index < -0.39 is 5.79 Å². The molecule has 2 rings (SSSR count). The molecule has 0 amide bonds. The zero-order chi connectivity index (χ0) is 13.0. The quantitative estimate of drug-likeness (QED) is 0.654. The molecule has 1 aliphatic heterocycles. The van der Waals surface area contributed by atoms with Crippen molar-refractivity contribution in [3.05, 3.63) is 21.8 Å². The molecule has 1 heterocycles. The van der Waals surface area contributed by atoms with Crippen molar-refractivity contribution in [2.45, 2.75) is 58.2 Å². The van der Waals surface area contributed by atoms with Gasteiger partial charge in [-0.05, 0) is 53.6 Å². The highest BCUT2D eigenvalue weighted by atomic mass is 127. The molecule has 0 spiro atoms. The standard InChI is InChI=1S/C15H21IO2/c1-3-5-9-15(10-6-4-2)17-13-8-7-12(16)11-14(13)18-15/h7-8,11H,3-6,9-10H2,1-2H3. The van der Waals surface area contributed by atoms with Gasteiger partial charge in [-0.2, -0.15) is 0 Å². The Balaban J connectivity index is 2.14. The van der Waals surface area contributed by atoms with Crippen LogP contribution in [0.5, 0.6) is 11.5 Å². The molecule has 0 saturated heterocycles. The highest BCUT2D eigenvalue weighted by Crippen LogP contribution is 2.44. The van der Waals surface area contributed by atoms with Crippen molar-refractivity contribution in [3.63, 3.8) is 0 Å². The molecule has 3 heteroatoms. The van der Waals surface area contributed by atoms with Gasteiger partial charge in [-0.15, -0.1) is 0 Å².